The first-order chi connectivity index (χ1) is 13.0. The van der Waals surface area contributed by atoms with Crippen molar-refractivity contribution in [2.24, 2.45) is 0 Å². The van der Waals surface area contributed by atoms with Gasteiger partial charge in [0.2, 0.25) is 0 Å². The SMILES string of the molecule is C=CCOc1ccc(C=CC(=O)NNC(=O)c2ccc(F)cc2)cc1OC. The van der Waals surface area contributed by atoms with Gasteiger partial charge < -0.3 is 9.47 Å². The summed E-state index contributed by atoms with van der Waals surface area (Å²) < 4.78 is 23.5. The number of methoxy groups -OCH3 is 1. The number of carbonyl (C=O) groups is 2. The molecule has 0 aliphatic rings. The van der Waals surface area contributed by atoms with Crippen molar-refractivity contribution in [1.29, 1.82) is 0 Å². The molecule has 0 fully saturated rings. The van der Waals surface area contributed by atoms with E-state index in [4.69, 9.17) is 9.47 Å². The summed E-state index contributed by atoms with van der Waals surface area (Å²) >= 11 is 0. The van der Waals surface area contributed by atoms with Gasteiger partial charge in [0, 0.05) is 11.6 Å². The highest BCUT2D eigenvalue weighted by atomic mass is 19.1. The Morgan fingerprint density at radius 1 is 1.11 bits per heavy atom. The summed E-state index contributed by atoms with van der Waals surface area (Å²) in [6.45, 7) is 3.93. The summed E-state index contributed by atoms with van der Waals surface area (Å²) in [6.07, 6.45) is 4.43. The topological polar surface area (TPSA) is 76.7 Å². The number of amides is 2. The van der Waals surface area contributed by atoms with Gasteiger partial charge in [-0.2, -0.15) is 0 Å². The average molecular weight is 370 g/mol. The van der Waals surface area contributed by atoms with Crippen molar-refractivity contribution in [2.45, 2.75) is 0 Å². The van der Waals surface area contributed by atoms with E-state index in [1.54, 1.807) is 30.4 Å². The van der Waals surface area contributed by atoms with E-state index in [1.807, 2.05) is 0 Å². The molecule has 0 heterocycles. The minimum atomic E-state index is -0.554. The summed E-state index contributed by atoms with van der Waals surface area (Å²) in [5.74, 6) is -0.456. The summed E-state index contributed by atoms with van der Waals surface area (Å²) in [7, 11) is 1.52. The minimum Gasteiger partial charge on any atom is -0.493 e. The molecule has 2 aromatic carbocycles. The summed E-state index contributed by atoms with van der Waals surface area (Å²) in [5.41, 5.74) is 5.42. The fraction of sp³-hybridized carbons (Fsp3) is 0.100. The van der Waals surface area contributed by atoms with Crippen LogP contribution in [0.4, 0.5) is 4.39 Å². The summed E-state index contributed by atoms with van der Waals surface area (Å²) in [6, 6.07) is 10.1. The number of benzene rings is 2. The third-order valence-electron chi connectivity index (χ3n) is 3.38. The maximum atomic E-state index is 12.8. The second-order valence-electron chi connectivity index (χ2n) is 5.29. The molecule has 0 radical (unpaired) electrons. The zero-order valence-corrected chi connectivity index (χ0v) is 14.7. The highest BCUT2D eigenvalue weighted by molar-refractivity contribution is 5.97. The third-order valence-corrected chi connectivity index (χ3v) is 3.38. The first-order valence-electron chi connectivity index (χ1n) is 7.99. The quantitative estimate of drug-likeness (QED) is 0.446. The van der Waals surface area contributed by atoms with Crippen LogP contribution in [-0.4, -0.2) is 25.5 Å². The van der Waals surface area contributed by atoms with Crippen LogP contribution in [0.3, 0.4) is 0 Å². The Bertz CT molecular complexity index is 848. The van der Waals surface area contributed by atoms with Gasteiger partial charge in [-0.25, -0.2) is 4.39 Å². The van der Waals surface area contributed by atoms with Gasteiger partial charge >= 0.3 is 0 Å². The lowest BCUT2D eigenvalue weighted by Gasteiger charge is -2.09. The van der Waals surface area contributed by atoms with Crippen LogP contribution >= 0.6 is 0 Å². The van der Waals surface area contributed by atoms with E-state index in [1.165, 1.54) is 25.3 Å². The Labute approximate surface area is 156 Å². The second-order valence-corrected chi connectivity index (χ2v) is 5.29. The van der Waals surface area contributed by atoms with E-state index in [-0.39, 0.29) is 5.56 Å². The van der Waals surface area contributed by atoms with Gasteiger partial charge in [0.25, 0.3) is 11.8 Å². The van der Waals surface area contributed by atoms with Crippen LogP contribution in [-0.2, 0) is 4.79 Å². The van der Waals surface area contributed by atoms with Crippen LogP contribution < -0.4 is 20.3 Å². The lowest BCUT2D eigenvalue weighted by molar-refractivity contribution is -0.117. The van der Waals surface area contributed by atoms with Crippen LogP contribution in [0.2, 0.25) is 0 Å². The number of nitrogens with one attached hydrogen (secondary N) is 2. The molecule has 0 aliphatic carbocycles. The molecule has 7 heteroatoms. The molecule has 0 saturated carbocycles. The van der Waals surface area contributed by atoms with Crippen molar-refractivity contribution in [3.63, 3.8) is 0 Å². The number of hydrazine groups is 1. The molecule has 2 rings (SSSR count). The average Bonchev–Trinajstić information content (AvgIpc) is 2.69. The number of carbonyl (C=O) groups excluding carboxylic acids is 2. The van der Waals surface area contributed by atoms with Gasteiger partial charge in [-0.15, -0.1) is 0 Å². The molecule has 0 unspecified atom stereocenters. The van der Waals surface area contributed by atoms with Crippen LogP contribution in [0.5, 0.6) is 11.5 Å². The Morgan fingerprint density at radius 3 is 2.52 bits per heavy atom. The zero-order valence-electron chi connectivity index (χ0n) is 14.7. The zero-order chi connectivity index (χ0) is 19.6. The number of ether oxygens (including phenoxy) is 2. The third kappa shape index (κ3) is 6.00. The predicted molar refractivity (Wildman–Crippen MR) is 99.7 cm³/mol. The maximum Gasteiger partial charge on any atom is 0.269 e. The van der Waals surface area contributed by atoms with Gasteiger partial charge in [0.05, 0.1) is 7.11 Å². The molecule has 0 aliphatic heterocycles. The standard InChI is InChI=1S/C20H19FN2O4/c1-3-12-27-17-10-4-14(13-18(17)26-2)5-11-19(24)22-23-20(25)15-6-8-16(21)9-7-15/h3-11,13H,1,12H2,2H3,(H,22,24)(H,23,25). The Morgan fingerprint density at radius 2 is 1.85 bits per heavy atom. The molecule has 0 aromatic heterocycles. The molecule has 27 heavy (non-hydrogen) atoms. The van der Waals surface area contributed by atoms with E-state index in [9.17, 15) is 14.0 Å². The van der Waals surface area contributed by atoms with Gasteiger partial charge in [0.15, 0.2) is 11.5 Å². The van der Waals surface area contributed by atoms with E-state index >= 15 is 0 Å². The molecule has 0 spiro atoms. The molecule has 140 valence electrons. The molecule has 2 N–H and O–H groups in total. The van der Waals surface area contributed by atoms with Crippen molar-refractivity contribution in [2.75, 3.05) is 13.7 Å². The highest BCUT2D eigenvalue weighted by Gasteiger charge is 2.07. The van der Waals surface area contributed by atoms with Crippen molar-refractivity contribution in [3.05, 3.63) is 78.1 Å². The van der Waals surface area contributed by atoms with E-state index in [2.05, 4.69) is 17.4 Å². The monoisotopic (exact) mass is 370 g/mol. The molecule has 0 saturated heterocycles. The fourth-order valence-corrected chi connectivity index (χ4v) is 2.06. The smallest absolute Gasteiger partial charge is 0.269 e. The number of hydrogen-bond donors (Lipinski definition) is 2. The fourth-order valence-electron chi connectivity index (χ4n) is 2.06. The van der Waals surface area contributed by atoms with Crippen LogP contribution in [0.25, 0.3) is 6.08 Å². The Kier molecular flexibility index (Phi) is 7.13. The largest absolute Gasteiger partial charge is 0.493 e. The van der Waals surface area contributed by atoms with E-state index in [0.717, 1.165) is 12.1 Å². The number of halogens is 1. The van der Waals surface area contributed by atoms with Crippen LogP contribution in [0, 0.1) is 5.82 Å². The lowest BCUT2D eigenvalue weighted by Crippen LogP contribution is -2.40. The Balaban J connectivity index is 1.92. The summed E-state index contributed by atoms with van der Waals surface area (Å²) in [5, 5.41) is 0. The molecule has 0 atom stereocenters. The number of rotatable bonds is 7. The van der Waals surface area contributed by atoms with Crippen LogP contribution in [0.15, 0.2) is 61.2 Å². The van der Waals surface area contributed by atoms with Gasteiger partial charge in [0.1, 0.15) is 12.4 Å². The molecular weight excluding hydrogens is 351 g/mol. The predicted octanol–water partition coefficient (Wildman–Crippen LogP) is 2.87. The van der Waals surface area contributed by atoms with Crippen LogP contribution in [0.1, 0.15) is 15.9 Å². The first kappa shape index (κ1) is 19.7. The van der Waals surface area contributed by atoms with Crippen molar-refractivity contribution < 1.29 is 23.5 Å². The number of hydrogen-bond acceptors (Lipinski definition) is 4. The van der Waals surface area contributed by atoms with Crippen molar-refractivity contribution in [3.8, 4) is 11.5 Å². The Hall–Kier alpha value is -3.61. The highest BCUT2D eigenvalue weighted by Crippen LogP contribution is 2.28. The van der Waals surface area contributed by atoms with Gasteiger partial charge in [-0.3, -0.25) is 20.4 Å². The molecule has 6 nitrogen and oxygen atoms in total. The van der Waals surface area contributed by atoms with E-state index < -0.39 is 17.6 Å². The van der Waals surface area contributed by atoms with Gasteiger partial charge in [-0.05, 0) is 48.0 Å². The molecule has 2 aromatic rings. The summed E-state index contributed by atoms with van der Waals surface area (Å²) in [4.78, 5) is 23.7. The van der Waals surface area contributed by atoms with Crippen molar-refractivity contribution in [1.82, 2.24) is 10.9 Å². The second kappa shape index (κ2) is 9.76. The maximum absolute atomic E-state index is 12.8. The first-order valence-corrected chi connectivity index (χ1v) is 7.99. The lowest BCUT2D eigenvalue weighted by atomic mass is 10.2. The molecular formula is C20H19FN2O4. The minimum absolute atomic E-state index is 0.223. The van der Waals surface area contributed by atoms with Crippen molar-refractivity contribution >= 4 is 17.9 Å². The normalized spacial score (nSPS) is 10.3. The molecule has 0 bridgehead atoms. The van der Waals surface area contributed by atoms with Gasteiger partial charge in [-0.1, -0.05) is 18.7 Å². The molecule has 2 amide bonds. The van der Waals surface area contributed by atoms with E-state index in [0.29, 0.717) is 23.7 Å².